The second-order valence-electron chi connectivity index (χ2n) is 5.36. The van der Waals surface area contributed by atoms with Crippen molar-refractivity contribution in [1.29, 1.82) is 0 Å². The zero-order valence-electron chi connectivity index (χ0n) is 11.7. The molecule has 1 aliphatic rings. The van der Waals surface area contributed by atoms with Crippen molar-refractivity contribution in [3.63, 3.8) is 0 Å². The summed E-state index contributed by atoms with van der Waals surface area (Å²) in [4.78, 5) is 23.0. The third-order valence-corrected chi connectivity index (χ3v) is 3.70. The molecule has 0 heterocycles. The Labute approximate surface area is 117 Å². The van der Waals surface area contributed by atoms with Gasteiger partial charge in [0, 0.05) is 12.1 Å². The molecule has 6 heteroatoms. The van der Waals surface area contributed by atoms with Crippen LogP contribution in [0.3, 0.4) is 0 Å². The molecule has 0 radical (unpaired) electrons. The fourth-order valence-corrected chi connectivity index (χ4v) is 2.43. The number of amides is 1. The Hall–Kier alpha value is -2.11. The summed E-state index contributed by atoms with van der Waals surface area (Å²) in [6.45, 7) is 4.38. The lowest BCUT2D eigenvalue weighted by atomic mass is 9.78. The molecule has 1 aromatic rings. The second-order valence-corrected chi connectivity index (χ2v) is 5.36. The van der Waals surface area contributed by atoms with Crippen molar-refractivity contribution in [2.75, 3.05) is 11.9 Å². The maximum atomic E-state index is 12.3. The third kappa shape index (κ3) is 2.74. The van der Waals surface area contributed by atoms with Gasteiger partial charge in [-0.3, -0.25) is 14.9 Å². The van der Waals surface area contributed by atoms with E-state index in [9.17, 15) is 14.9 Å². The molecule has 0 unspecified atom stereocenters. The van der Waals surface area contributed by atoms with Crippen LogP contribution in [-0.4, -0.2) is 22.9 Å². The van der Waals surface area contributed by atoms with Gasteiger partial charge in [-0.15, -0.1) is 0 Å². The highest BCUT2D eigenvalue weighted by Crippen LogP contribution is 2.33. The predicted molar refractivity (Wildman–Crippen MR) is 77.0 cm³/mol. The summed E-state index contributed by atoms with van der Waals surface area (Å²) < 4.78 is 0. The number of rotatable bonds is 5. The first-order valence-electron chi connectivity index (χ1n) is 6.80. The van der Waals surface area contributed by atoms with Crippen molar-refractivity contribution in [2.24, 2.45) is 0 Å². The van der Waals surface area contributed by atoms with Crippen LogP contribution in [0.1, 0.15) is 43.5 Å². The van der Waals surface area contributed by atoms with Gasteiger partial charge in [-0.1, -0.05) is 6.07 Å². The highest BCUT2D eigenvalue weighted by atomic mass is 16.6. The molecule has 1 aliphatic carbocycles. The van der Waals surface area contributed by atoms with E-state index in [1.165, 1.54) is 6.07 Å². The molecule has 0 aliphatic heterocycles. The van der Waals surface area contributed by atoms with Crippen molar-refractivity contribution < 1.29 is 9.72 Å². The van der Waals surface area contributed by atoms with Gasteiger partial charge in [0.1, 0.15) is 11.3 Å². The van der Waals surface area contributed by atoms with E-state index in [1.54, 1.807) is 12.1 Å². The molecule has 0 saturated heterocycles. The van der Waals surface area contributed by atoms with Crippen molar-refractivity contribution in [3.05, 3.63) is 33.9 Å². The number of carbonyl (C=O) groups excluding carboxylic acids is 1. The number of nitrogens with one attached hydrogen (secondary N) is 2. The summed E-state index contributed by atoms with van der Waals surface area (Å²) in [7, 11) is 0. The lowest BCUT2D eigenvalue weighted by molar-refractivity contribution is -0.384. The van der Waals surface area contributed by atoms with Crippen LogP contribution < -0.4 is 10.6 Å². The smallest absolute Gasteiger partial charge is 0.305 e. The van der Waals surface area contributed by atoms with E-state index in [-0.39, 0.29) is 22.7 Å². The lowest BCUT2D eigenvalue weighted by Gasteiger charge is -2.39. The van der Waals surface area contributed by atoms with Crippen LogP contribution in [0.2, 0.25) is 0 Å². The Bertz CT molecular complexity index is 538. The molecule has 1 fully saturated rings. The number of nitrogens with zero attached hydrogens (tertiary/aromatic N) is 1. The first-order chi connectivity index (χ1) is 9.47. The number of benzene rings is 1. The van der Waals surface area contributed by atoms with Crippen molar-refractivity contribution >= 4 is 17.3 Å². The topological polar surface area (TPSA) is 84.3 Å². The van der Waals surface area contributed by atoms with Gasteiger partial charge in [0.15, 0.2) is 0 Å². The van der Waals surface area contributed by atoms with E-state index >= 15 is 0 Å². The molecule has 1 aromatic carbocycles. The largest absolute Gasteiger partial charge is 0.380 e. The summed E-state index contributed by atoms with van der Waals surface area (Å²) in [5, 5.41) is 17.1. The minimum atomic E-state index is -0.504. The molecule has 0 aromatic heterocycles. The Morgan fingerprint density at radius 2 is 2.15 bits per heavy atom. The summed E-state index contributed by atoms with van der Waals surface area (Å²) in [5.74, 6) is -0.376. The number of anilines is 1. The highest BCUT2D eigenvalue weighted by Gasteiger charge is 2.35. The molecule has 1 saturated carbocycles. The molecule has 108 valence electrons. The van der Waals surface area contributed by atoms with E-state index in [1.807, 2.05) is 13.8 Å². The molecule has 2 N–H and O–H groups in total. The average molecular weight is 277 g/mol. The van der Waals surface area contributed by atoms with Crippen molar-refractivity contribution in [1.82, 2.24) is 5.32 Å². The summed E-state index contributed by atoms with van der Waals surface area (Å²) in [6.07, 6.45) is 2.91. The van der Waals surface area contributed by atoms with E-state index in [0.717, 1.165) is 19.3 Å². The Balaban J connectivity index is 2.32. The van der Waals surface area contributed by atoms with Gasteiger partial charge in [-0.25, -0.2) is 0 Å². The van der Waals surface area contributed by atoms with Crippen LogP contribution in [0.15, 0.2) is 18.2 Å². The number of hydrogen-bond acceptors (Lipinski definition) is 4. The summed E-state index contributed by atoms with van der Waals surface area (Å²) in [6, 6.07) is 4.77. The fourth-order valence-electron chi connectivity index (χ4n) is 2.43. The van der Waals surface area contributed by atoms with E-state index in [2.05, 4.69) is 10.6 Å². The first kappa shape index (κ1) is 14.3. The van der Waals surface area contributed by atoms with Gasteiger partial charge in [0.25, 0.3) is 5.91 Å². The number of nitro groups is 1. The molecular weight excluding hydrogens is 258 g/mol. The number of carbonyl (C=O) groups is 1. The monoisotopic (exact) mass is 277 g/mol. The van der Waals surface area contributed by atoms with Crippen LogP contribution in [0.4, 0.5) is 11.4 Å². The predicted octanol–water partition coefficient (Wildman–Crippen LogP) is 2.70. The molecule has 0 spiro atoms. The minimum absolute atomic E-state index is 0.113. The molecular formula is C14H19N3O3. The maximum absolute atomic E-state index is 12.3. The van der Waals surface area contributed by atoms with Gasteiger partial charge in [0.2, 0.25) is 0 Å². The zero-order chi connectivity index (χ0) is 14.8. The van der Waals surface area contributed by atoms with Crippen LogP contribution in [0, 0.1) is 10.1 Å². The second kappa shape index (κ2) is 5.48. The number of hydrogen-bond donors (Lipinski definition) is 2. The third-order valence-electron chi connectivity index (χ3n) is 3.70. The fraction of sp³-hybridized carbons (Fsp3) is 0.500. The molecule has 20 heavy (non-hydrogen) atoms. The minimum Gasteiger partial charge on any atom is -0.380 e. The van der Waals surface area contributed by atoms with E-state index in [0.29, 0.717) is 12.2 Å². The maximum Gasteiger partial charge on any atom is 0.305 e. The molecule has 6 nitrogen and oxygen atoms in total. The summed E-state index contributed by atoms with van der Waals surface area (Å²) in [5.41, 5.74) is 0.111. The molecule has 0 atom stereocenters. The Kier molecular flexibility index (Phi) is 3.92. The normalized spacial score (nSPS) is 16.1. The van der Waals surface area contributed by atoms with Crippen LogP contribution >= 0.6 is 0 Å². The van der Waals surface area contributed by atoms with Gasteiger partial charge in [0.05, 0.1) is 4.92 Å². The average Bonchev–Trinajstić information content (AvgIpc) is 2.36. The quantitative estimate of drug-likeness (QED) is 0.640. The van der Waals surface area contributed by atoms with Crippen molar-refractivity contribution in [2.45, 2.75) is 38.6 Å². The highest BCUT2D eigenvalue weighted by molar-refractivity contribution is 6.00. The molecule has 2 rings (SSSR count). The van der Waals surface area contributed by atoms with Gasteiger partial charge >= 0.3 is 5.69 Å². The first-order valence-corrected chi connectivity index (χ1v) is 6.80. The van der Waals surface area contributed by atoms with Crippen LogP contribution in [-0.2, 0) is 0 Å². The zero-order valence-corrected chi connectivity index (χ0v) is 11.7. The molecule has 0 bridgehead atoms. The summed E-state index contributed by atoms with van der Waals surface area (Å²) >= 11 is 0. The van der Waals surface area contributed by atoms with E-state index in [4.69, 9.17) is 0 Å². The van der Waals surface area contributed by atoms with Crippen LogP contribution in [0.25, 0.3) is 0 Å². The number of nitro benzene ring substituents is 1. The standard InChI is InChI=1S/C14H19N3O3/c1-3-15-11-7-4-6-10(12(11)17(19)20)13(18)16-14(2)8-5-9-14/h4,6-7,15H,3,5,8-9H2,1-2H3,(H,16,18). The van der Waals surface area contributed by atoms with Crippen LogP contribution in [0.5, 0.6) is 0 Å². The van der Waals surface area contributed by atoms with Gasteiger partial charge in [-0.05, 0) is 45.2 Å². The van der Waals surface area contributed by atoms with Crippen molar-refractivity contribution in [3.8, 4) is 0 Å². The van der Waals surface area contributed by atoms with Gasteiger partial charge < -0.3 is 10.6 Å². The lowest BCUT2D eigenvalue weighted by Crippen LogP contribution is -2.51. The van der Waals surface area contributed by atoms with E-state index < -0.39 is 4.92 Å². The molecule has 1 amide bonds. The SMILES string of the molecule is CCNc1cccc(C(=O)NC2(C)CCC2)c1[N+](=O)[O-]. The van der Waals surface area contributed by atoms with Gasteiger partial charge in [-0.2, -0.15) is 0 Å². The Morgan fingerprint density at radius 3 is 2.65 bits per heavy atom. The number of para-hydroxylation sites is 1. The Morgan fingerprint density at radius 1 is 1.45 bits per heavy atom.